The normalized spacial score (nSPS) is 12.1. The van der Waals surface area contributed by atoms with Crippen LogP contribution < -0.4 is 5.32 Å². The first-order chi connectivity index (χ1) is 14.2. The third-order valence-electron chi connectivity index (χ3n) is 4.85. The Morgan fingerprint density at radius 1 is 1.20 bits per heavy atom. The lowest BCUT2D eigenvalue weighted by molar-refractivity contribution is -0.152. The van der Waals surface area contributed by atoms with Crippen LogP contribution in [0.2, 0.25) is 0 Å². The number of thioether (sulfide) groups is 1. The lowest BCUT2D eigenvalue weighted by Gasteiger charge is -2.16. The molecule has 0 fully saturated rings. The second-order valence-electron chi connectivity index (χ2n) is 7.19. The van der Waals surface area contributed by atoms with E-state index in [9.17, 15) is 9.59 Å². The number of benzene rings is 1. The maximum Gasteiger partial charge on any atom is 0.311 e. The predicted octanol–water partition coefficient (Wildman–Crippen LogP) is 3.19. The van der Waals surface area contributed by atoms with Crippen LogP contribution in [0.4, 0.5) is 5.69 Å². The molecule has 0 aliphatic rings. The van der Waals surface area contributed by atoms with Crippen molar-refractivity contribution in [2.24, 2.45) is 0 Å². The minimum absolute atomic E-state index is 0.00372. The number of nitrogens with zero attached hydrogens (tertiary/aromatic N) is 4. The highest BCUT2D eigenvalue weighted by molar-refractivity contribution is 7.98. The molecule has 2 aromatic heterocycles. The maximum absolute atomic E-state index is 12.5. The molecule has 0 bridgehead atoms. The molecule has 0 saturated heterocycles. The van der Waals surface area contributed by atoms with E-state index in [2.05, 4.69) is 20.4 Å². The fourth-order valence-electron chi connectivity index (χ4n) is 3.16. The van der Waals surface area contributed by atoms with Gasteiger partial charge in [0.25, 0.3) is 11.7 Å². The van der Waals surface area contributed by atoms with Gasteiger partial charge in [-0.2, -0.15) is 4.98 Å². The van der Waals surface area contributed by atoms with Crippen LogP contribution in [-0.4, -0.2) is 43.8 Å². The lowest BCUT2D eigenvalue weighted by atomic mass is 10.1. The van der Waals surface area contributed by atoms with Crippen LogP contribution in [0.1, 0.15) is 35.0 Å². The monoisotopic (exact) mass is 427 g/mol. The Balaban J connectivity index is 1.69. The number of rotatable bonds is 6. The van der Waals surface area contributed by atoms with Crippen LogP contribution in [-0.2, 0) is 20.7 Å². The molecule has 0 radical (unpaired) electrons. The molecule has 0 aliphatic heterocycles. The first kappa shape index (κ1) is 21.8. The SMILES string of the molecule is CSc1nc2nc(C)c(CC(=O)OC(C)C(=O)Nc3ccc(C)cc3C)c(C)n2n1. The van der Waals surface area contributed by atoms with Crippen molar-refractivity contribution in [1.29, 1.82) is 0 Å². The Hall–Kier alpha value is -2.94. The van der Waals surface area contributed by atoms with Crippen molar-refractivity contribution in [1.82, 2.24) is 19.6 Å². The van der Waals surface area contributed by atoms with Crippen molar-refractivity contribution in [3.63, 3.8) is 0 Å². The molecule has 1 atom stereocenters. The van der Waals surface area contributed by atoms with Gasteiger partial charge < -0.3 is 10.1 Å². The number of amides is 1. The number of anilines is 1. The molecule has 3 aromatic rings. The van der Waals surface area contributed by atoms with E-state index in [1.54, 1.807) is 11.4 Å². The summed E-state index contributed by atoms with van der Waals surface area (Å²) in [7, 11) is 0. The molecule has 0 saturated carbocycles. The third-order valence-corrected chi connectivity index (χ3v) is 5.39. The fourth-order valence-corrected chi connectivity index (χ4v) is 3.49. The molecule has 0 spiro atoms. The quantitative estimate of drug-likeness (QED) is 0.476. The van der Waals surface area contributed by atoms with Crippen molar-refractivity contribution in [2.75, 3.05) is 11.6 Å². The molecule has 1 N–H and O–H groups in total. The highest BCUT2D eigenvalue weighted by Crippen LogP contribution is 2.19. The molecule has 2 heterocycles. The van der Waals surface area contributed by atoms with E-state index in [4.69, 9.17) is 4.74 Å². The zero-order chi connectivity index (χ0) is 22.0. The van der Waals surface area contributed by atoms with Crippen molar-refractivity contribution < 1.29 is 14.3 Å². The minimum atomic E-state index is -0.926. The number of carbonyl (C=O) groups is 2. The zero-order valence-electron chi connectivity index (χ0n) is 17.9. The number of ether oxygens (including phenoxy) is 1. The molecule has 30 heavy (non-hydrogen) atoms. The molecular formula is C21H25N5O3S. The van der Waals surface area contributed by atoms with Crippen molar-refractivity contribution in [3.8, 4) is 0 Å². The van der Waals surface area contributed by atoms with Gasteiger partial charge in [0, 0.05) is 22.6 Å². The van der Waals surface area contributed by atoms with Gasteiger partial charge in [-0.25, -0.2) is 9.50 Å². The van der Waals surface area contributed by atoms with E-state index < -0.39 is 12.1 Å². The van der Waals surface area contributed by atoms with Gasteiger partial charge in [0.05, 0.1) is 6.42 Å². The molecule has 8 nitrogen and oxygen atoms in total. The van der Waals surface area contributed by atoms with E-state index >= 15 is 0 Å². The first-order valence-corrected chi connectivity index (χ1v) is 10.8. The zero-order valence-corrected chi connectivity index (χ0v) is 18.8. The highest BCUT2D eigenvalue weighted by atomic mass is 32.2. The Morgan fingerprint density at radius 2 is 1.93 bits per heavy atom. The minimum Gasteiger partial charge on any atom is -0.452 e. The summed E-state index contributed by atoms with van der Waals surface area (Å²) in [4.78, 5) is 33.7. The highest BCUT2D eigenvalue weighted by Gasteiger charge is 2.21. The summed E-state index contributed by atoms with van der Waals surface area (Å²) in [6.07, 6.45) is 0.959. The summed E-state index contributed by atoms with van der Waals surface area (Å²) < 4.78 is 6.99. The van der Waals surface area contributed by atoms with E-state index in [0.29, 0.717) is 27.9 Å². The molecule has 0 aliphatic carbocycles. The van der Waals surface area contributed by atoms with Crippen LogP contribution in [0.15, 0.2) is 23.4 Å². The standard InChI is InChI=1S/C21H25N5O3S/c1-11-7-8-17(12(2)9-11)23-19(28)15(5)29-18(27)10-16-13(3)22-20-24-21(30-6)25-26(20)14(16)4/h7-9,15H,10H2,1-6H3,(H,23,28). The largest absolute Gasteiger partial charge is 0.452 e. The second kappa shape index (κ2) is 8.83. The van der Waals surface area contributed by atoms with Crippen molar-refractivity contribution in [2.45, 2.75) is 52.3 Å². The average molecular weight is 428 g/mol. The molecule has 1 aromatic carbocycles. The summed E-state index contributed by atoms with van der Waals surface area (Å²) in [5.74, 6) is -0.387. The van der Waals surface area contributed by atoms with E-state index in [-0.39, 0.29) is 12.3 Å². The summed E-state index contributed by atoms with van der Waals surface area (Å²) >= 11 is 1.42. The summed E-state index contributed by atoms with van der Waals surface area (Å²) in [5.41, 5.74) is 4.93. The average Bonchev–Trinajstić information content (AvgIpc) is 3.10. The number of aromatic nitrogens is 4. The Labute approximate surface area is 179 Å². The van der Waals surface area contributed by atoms with Crippen LogP contribution in [0.3, 0.4) is 0 Å². The van der Waals surface area contributed by atoms with Gasteiger partial charge in [-0.3, -0.25) is 9.59 Å². The molecule has 1 amide bonds. The van der Waals surface area contributed by atoms with Gasteiger partial charge in [0.15, 0.2) is 6.10 Å². The maximum atomic E-state index is 12.5. The number of hydrogen-bond donors (Lipinski definition) is 1. The second-order valence-corrected chi connectivity index (χ2v) is 7.96. The Bertz CT molecular complexity index is 1130. The van der Waals surface area contributed by atoms with Crippen LogP contribution in [0.25, 0.3) is 5.78 Å². The van der Waals surface area contributed by atoms with Crippen molar-refractivity contribution in [3.05, 3.63) is 46.3 Å². The first-order valence-electron chi connectivity index (χ1n) is 9.54. The van der Waals surface area contributed by atoms with Crippen LogP contribution >= 0.6 is 11.8 Å². The Kier molecular flexibility index (Phi) is 6.40. The van der Waals surface area contributed by atoms with Crippen LogP contribution in [0, 0.1) is 27.7 Å². The lowest BCUT2D eigenvalue weighted by Crippen LogP contribution is -2.31. The van der Waals surface area contributed by atoms with Crippen LogP contribution in [0.5, 0.6) is 0 Å². The number of carbonyl (C=O) groups excluding carboxylic acids is 2. The van der Waals surface area contributed by atoms with Crippen molar-refractivity contribution >= 4 is 35.1 Å². The predicted molar refractivity (Wildman–Crippen MR) is 116 cm³/mol. The van der Waals surface area contributed by atoms with Gasteiger partial charge in [-0.15, -0.1) is 5.10 Å². The number of fused-ring (bicyclic) bond motifs is 1. The third kappa shape index (κ3) is 4.62. The molecule has 1 unspecified atom stereocenters. The number of esters is 1. The van der Waals surface area contributed by atoms with E-state index in [0.717, 1.165) is 16.8 Å². The molecule has 3 rings (SSSR count). The van der Waals surface area contributed by atoms with Gasteiger partial charge in [0.1, 0.15) is 0 Å². The number of hydrogen-bond acceptors (Lipinski definition) is 7. The molecule has 9 heteroatoms. The van der Waals surface area contributed by atoms with E-state index in [1.165, 1.54) is 11.8 Å². The Morgan fingerprint density at radius 3 is 2.60 bits per heavy atom. The van der Waals surface area contributed by atoms with Gasteiger partial charge in [0.2, 0.25) is 5.16 Å². The number of aryl methyl sites for hydroxylation is 4. The summed E-state index contributed by atoms with van der Waals surface area (Å²) in [6.45, 7) is 9.14. The molecule has 158 valence electrons. The van der Waals surface area contributed by atoms with Gasteiger partial charge >= 0.3 is 5.97 Å². The summed E-state index contributed by atoms with van der Waals surface area (Å²) in [6, 6.07) is 5.74. The van der Waals surface area contributed by atoms with Gasteiger partial charge in [-0.1, -0.05) is 29.5 Å². The molecular weight excluding hydrogens is 402 g/mol. The summed E-state index contributed by atoms with van der Waals surface area (Å²) in [5, 5.41) is 7.80. The van der Waals surface area contributed by atoms with Gasteiger partial charge in [-0.05, 0) is 52.5 Å². The smallest absolute Gasteiger partial charge is 0.311 e. The number of nitrogens with one attached hydrogen (secondary N) is 1. The fraction of sp³-hybridized carbons (Fsp3) is 0.381. The topological polar surface area (TPSA) is 98.5 Å². The van der Waals surface area contributed by atoms with E-state index in [1.807, 2.05) is 52.1 Å².